The number of carbonyl (C=O) groups is 1. The van der Waals surface area contributed by atoms with Gasteiger partial charge in [-0.1, -0.05) is 41.4 Å². The normalized spacial score (nSPS) is 15.7. The van der Waals surface area contributed by atoms with E-state index in [0.717, 1.165) is 18.8 Å². The molecule has 10 heteroatoms. The fraction of sp³-hybridized carbons (Fsp3) is 0.292. The first-order chi connectivity index (χ1) is 16.5. The maximum absolute atomic E-state index is 14.0. The number of para-hydroxylation sites is 1. The van der Waals surface area contributed by atoms with Crippen molar-refractivity contribution in [1.29, 1.82) is 0 Å². The van der Waals surface area contributed by atoms with Crippen LogP contribution in [0.15, 0.2) is 48.5 Å². The Morgan fingerprint density at radius 1 is 1.00 bits per heavy atom. The molecule has 1 amide bonds. The van der Waals surface area contributed by atoms with Gasteiger partial charge >= 0.3 is 0 Å². The lowest BCUT2D eigenvalue weighted by Gasteiger charge is -2.36. The third kappa shape index (κ3) is 4.48. The van der Waals surface area contributed by atoms with Crippen LogP contribution in [-0.2, 0) is 6.54 Å². The Kier molecular flexibility index (Phi) is 6.43. The first-order valence-corrected chi connectivity index (χ1v) is 11.8. The maximum atomic E-state index is 14.0. The average Bonchev–Trinajstić information content (AvgIpc) is 2.89. The van der Waals surface area contributed by atoms with Crippen LogP contribution in [-0.4, -0.2) is 60.3 Å². The van der Waals surface area contributed by atoms with E-state index >= 15 is 0 Å². The van der Waals surface area contributed by atoms with Crippen molar-refractivity contribution in [2.75, 3.05) is 54.4 Å². The third-order valence-electron chi connectivity index (χ3n) is 6.18. The van der Waals surface area contributed by atoms with Gasteiger partial charge in [-0.3, -0.25) is 4.79 Å². The number of halogens is 3. The summed E-state index contributed by atoms with van der Waals surface area (Å²) in [6.07, 6.45) is 0. The van der Waals surface area contributed by atoms with Gasteiger partial charge in [-0.2, -0.15) is 0 Å². The van der Waals surface area contributed by atoms with Gasteiger partial charge in [0.1, 0.15) is 5.82 Å². The van der Waals surface area contributed by atoms with Crippen LogP contribution in [0.25, 0.3) is 0 Å². The Balaban J connectivity index is 1.33. The summed E-state index contributed by atoms with van der Waals surface area (Å²) in [5.74, 6) is -0.106. The largest absolute Gasteiger partial charge is 0.368 e. The number of carbonyl (C=O) groups excluding carboxylic acids is 1. The first kappa shape index (κ1) is 22.7. The lowest BCUT2D eigenvalue weighted by atomic mass is 10.1. The molecule has 2 aliphatic rings. The van der Waals surface area contributed by atoms with E-state index in [1.165, 1.54) is 12.1 Å². The van der Waals surface area contributed by atoms with Crippen molar-refractivity contribution in [3.05, 3.63) is 75.7 Å². The number of nitrogens with one attached hydrogen (secondary N) is 1. The minimum absolute atomic E-state index is 0.00202. The van der Waals surface area contributed by atoms with Crippen LogP contribution in [0.4, 0.5) is 21.6 Å². The summed E-state index contributed by atoms with van der Waals surface area (Å²) in [5.41, 5.74) is 2.64. The quantitative estimate of drug-likeness (QED) is 0.538. The molecule has 0 saturated carbocycles. The second-order valence-corrected chi connectivity index (χ2v) is 9.03. The molecule has 0 atom stereocenters. The molecule has 3 aromatic rings. The molecule has 0 spiro atoms. The average molecular weight is 501 g/mol. The molecule has 3 heterocycles. The number of hydrogen-bond donors (Lipinski definition) is 1. The monoisotopic (exact) mass is 500 g/mol. The van der Waals surface area contributed by atoms with Gasteiger partial charge in [0.25, 0.3) is 5.91 Å². The van der Waals surface area contributed by atoms with E-state index in [9.17, 15) is 9.18 Å². The molecule has 0 radical (unpaired) electrons. The van der Waals surface area contributed by atoms with Crippen molar-refractivity contribution in [3.8, 4) is 0 Å². The van der Waals surface area contributed by atoms with E-state index in [0.29, 0.717) is 54.8 Å². The SMILES string of the molecule is O=C(c1cc2c(nn1)NCCN2Cc1c(Cl)ccc(F)c1Cl)N1CCN(c2ccccc2)CC1. The number of piperazine rings is 1. The Labute approximate surface area is 207 Å². The highest BCUT2D eigenvalue weighted by atomic mass is 35.5. The van der Waals surface area contributed by atoms with Crippen LogP contribution in [0.1, 0.15) is 16.1 Å². The van der Waals surface area contributed by atoms with Crippen LogP contribution >= 0.6 is 23.2 Å². The highest BCUT2D eigenvalue weighted by molar-refractivity contribution is 6.36. The molecule has 0 unspecified atom stereocenters. The van der Waals surface area contributed by atoms with E-state index in [2.05, 4.69) is 32.5 Å². The van der Waals surface area contributed by atoms with Crippen molar-refractivity contribution in [2.45, 2.75) is 6.54 Å². The zero-order chi connectivity index (χ0) is 23.7. The fourth-order valence-electron chi connectivity index (χ4n) is 4.32. The molecule has 1 fully saturated rings. The van der Waals surface area contributed by atoms with E-state index in [-0.39, 0.29) is 16.6 Å². The zero-order valence-corrected chi connectivity index (χ0v) is 19.9. The smallest absolute Gasteiger partial charge is 0.274 e. The Hall–Kier alpha value is -3.10. The molecule has 176 valence electrons. The second-order valence-electron chi connectivity index (χ2n) is 8.25. The van der Waals surface area contributed by atoms with Gasteiger partial charge in [-0.25, -0.2) is 4.39 Å². The van der Waals surface area contributed by atoms with Crippen molar-refractivity contribution in [3.63, 3.8) is 0 Å². The summed E-state index contributed by atoms with van der Waals surface area (Å²) >= 11 is 12.5. The standard InChI is InChI=1S/C24H23Cl2FN6O/c25-18-6-7-19(27)22(26)17(18)15-33-9-8-28-23-21(33)14-20(29-30-23)24(34)32-12-10-31(11-13-32)16-4-2-1-3-5-16/h1-7,14H,8-13,15H2,(H,28,30). The molecule has 1 saturated heterocycles. The first-order valence-electron chi connectivity index (χ1n) is 11.1. The zero-order valence-electron chi connectivity index (χ0n) is 18.3. The molecule has 1 aromatic heterocycles. The summed E-state index contributed by atoms with van der Waals surface area (Å²) in [5, 5.41) is 12.0. The van der Waals surface area contributed by atoms with Gasteiger partial charge in [0.15, 0.2) is 11.5 Å². The van der Waals surface area contributed by atoms with Gasteiger partial charge in [-0.05, 0) is 30.3 Å². The minimum atomic E-state index is -0.519. The van der Waals surface area contributed by atoms with Crippen LogP contribution in [0.5, 0.6) is 0 Å². The fourth-order valence-corrected chi connectivity index (χ4v) is 4.81. The summed E-state index contributed by atoms with van der Waals surface area (Å²) in [6, 6.07) is 14.7. The number of rotatable bonds is 4. The van der Waals surface area contributed by atoms with Crippen LogP contribution < -0.4 is 15.1 Å². The number of amides is 1. The maximum Gasteiger partial charge on any atom is 0.274 e. The number of anilines is 3. The second kappa shape index (κ2) is 9.64. The molecular formula is C24H23Cl2FN6O. The Morgan fingerprint density at radius 2 is 1.76 bits per heavy atom. The highest BCUT2D eigenvalue weighted by Gasteiger charge is 2.27. The van der Waals surface area contributed by atoms with Crippen molar-refractivity contribution in [1.82, 2.24) is 15.1 Å². The molecule has 2 aliphatic heterocycles. The molecule has 1 N–H and O–H groups in total. The van der Waals surface area contributed by atoms with Gasteiger partial charge in [0, 0.05) is 62.1 Å². The Bertz CT molecular complexity index is 1200. The van der Waals surface area contributed by atoms with E-state index in [1.54, 1.807) is 11.0 Å². The number of fused-ring (bicyclic) bond motifs is 1. The molecule has 0 aliphatic carbocycles. The van der Waals surface area contributed by atoms with E-state index in [4.69, 9.17) is 23.2 Å². The predicted molar refractivity (Wildman–Crippen MR) is 133 cm³/mol. The predicted octanol–water partition coefficient (Wildman–Crippen LogP) is 4.32. The number of benzene rings is 2. The third-order valence-corrected chi connectivity index (χ3v) is 6.95. The van der Waals surface area contributed by atoms with E-state index < -0.39 is 5.82 Å². The van der Waals surface area contributed by atoms with E-state index in [1.807, 2.05) is 23.1 Å². The lowest BCUT2D eigenvalue weighted by Crippen LogP contribution is -2.49. The number of nitrogens with zero attached hydrogens (tertiary/aromatic N) is 5. The van der Waals surface area contributed by atoms with Crippen molar-refractivity contribution < 1.29 is 9.18 Å². The summed E-state index contributed by atoms with van der Waals surface area (Å²) in [4.78, 5) is 19.3. The summed E-state index contributed by atoms with van der Waals surface area (Å²) < 4.78 is 14.0. The van der Waals surface area contributed by atoms with Gasteiger partial charge in [0.05, 0.1) is 10.7 Å². The highest BCUT2D eigenvalue weighted by Crippen LogP contribution is 2.33. The van der Waals surface area contributed by atoms with Gasteiger partial charge < -0.3 is 20.0 Å². The summed E-state index contributed by atoms with van der Waals surface area (Å²) in [6.45, 7) is 4.23. The molecule has 5 rings (SSSR count). The van der Waals surface area contributed by atoms with Crippen LogP contribution in [0.3, 0.4) is 0 Å². The molecule has 34 heavy (non-hydrogen) atoms. The van der Waals surface area contributed by atoms with Crippen molar-refractivity contribution in [2.24, 2.45) is 0 Å². The molecule has 7 nitrogen and oxygen atoms in total. The van der Waals surface area contributed by atoms with Gasteiger partial charge in [0.2, 0.25) is 0 Å². The topological polar surface area (TPSA) is 64.6 Å². The molecular weight excluding hydrogens is 478 g/mol. The molecule has 0 bridgehead atoms. The number of hydrogen-bond acceptors (Lipinski definition) is 6. The van der Waals surface area contributed by atoms with Crippen LogP contribution in [0.2, 0.25) is 10.0 Å². The Morgan fingerprint density at radius 3 is 2.53 bits per heavy atom. The van der Waals surface area contributed by atoms with Gasteiger partial charge in [-0.15, -0.1) is 10.2 Å². The lowest BCUT2D eigenvalue weighted by molar-refractivity contribution is 0.0739. The van der Waals surface area contributed by atoms with Crippen molar-refractivity contribution >= 4 is 46.3 Å². The van der Waals surface area contributed by atoms with Crippen LogP contribution in [0, 0.1) is 5.82 Å². The molecule has 2 aromatic carbocycles. The number of aromatic nitrogens is 2. The summed E-state index contributed by atoms with van der Waals surface area (Å²) in [7, 11) is 0. The minimum Gasteiger partial charge on any atom is -0.368 e.